The second-order valence-electron chi connectivity index (χ2n) is 5.03. The highest BCUT2D eigenvalue weighted by molar-refractivity contribution is 4.91. The van der Waals surface area contributed by atoms with E-state index in [1.165, 1.54) is 12.8 Å². The molecule has 2 heteroatoms. The molecule has 2 fully saturated rings. The van der Waals surface area contributed by atoms with E-state index in [1.807, 2.05) is 0 Å². The van der Waals surface area contributed by atoms with Gasteiger partial charge >= 0.3 is 0 Å². The number of hydrogen-bond donors (Lipinski definition) is 0. The van der Waals surface area contributed by atoms with Gasteiger partial charge in [0.25, 0.3) is 0 Å². The zero-order valence-electron chi connectivity index (χ0n) is 8.34. The zero-order valence-corrected chi connectivity index (χ0v) is 8.34. The van der Waals surface area contributed by atoms with Crippen LogP contribution in [0.15, 0.2) is 0 Å². The second-order valence-corrected chi connectivity index (χ2v) is 5.03. The fourth-order valence-corrected chi connectivity index (χ4v) is 1.55. The molecule has 70 valence electrons. The highest BCUT2D eigenvalue weighted by atomic mass is 16.5. The van der Waals surface area contributed by atoms with E-state index in [4.69, 9.17) is 4.74 Å². The van der Waals surface area contributed by atoms with Gasteiger partial charge in [0.1, 0.15) is 0 Å². The zero-order chi connectivity index (χ0) is 8.77. The van der Waals surface area contributed by atoms with Crippen molar-refractivity contribution in [3.63, 3.8) is 0 Å². The molecule has 1 aliphatic heterocycles. The SMILES string of the molecule is CC(C)(C)N1CC(OC2CC2)C1. The third-order valence-electron chi connectivity index (χ3n) is 2.71. The molecule has 0 spiro atoms. The van der Waals surface area contributed by atoms with Gasteiger partial charge in [-0.2, -0.15) is 0 Å². The molecule has 12 heavy (non-hydrogen) atoms. The van der Waals surface area contributed by atoms with Crippen LogP contribution in [0.2, 0.25) is 0 Å². The van der Waals surface area contributed by atoms with E-state index in [0.717, 1.165) is 13.1 Å². The molecule has 0 aromatic carbocycles. The molecule has 0 aromatic rings. The summed E-state index contributed by atoms with van der Waals surface area (Å²) in [6, 6.07) is 0. The predicted molar refractivity (Wildman–Crippen MR) is 49.2 cm³/mol. The minimum absolute atomic E-state index is 0.337. The molecule has 2 aliphatic rings. The van der Waals surface area contributed by atoms with Gasteiger partial charge in [0.2, 0.25) is 0 Å². The average Bonchev–Trinajstić information content (AvgIpc) is 2.56. The summed E-state index contributed by atoms with van der Waals surface area (Å²) < 4.78 is 5.78. The Hall–Kier alpha value is -0.0800. The lowest BCUT2D eigenvalue weighted by Gasteiger charge is -2.47. The summed E-state index contributed by atoms with van der Waals surface area (Å²) in [7, 11) is 0. The number of hydrogen-bond acceptors (Lipinski definition) is 2. The van der Waals surface area contributed by atoms with Gasteiger partial charge in [-0.25, -0.2) is 0 Å². The first kappa shape index (κ1) is 8.52. The van der Waals surface area contributed by atoms with Gasteiger partial charge < -0.3 is 4.74 Å². The van der Waals surface area contributed by atoms with Crippen LogP contribution in [0.3, 0.4) is 0 Å². The minimum Gasteiger partial charge on any atom is -0.372 e. The molecule has 0 unspecified atom stereocenters. The molecular formula is C10H19NO. The Morgan fingerprint density at radius 3 is 2.08 bits per heavy atom. The Labute approximate surface area is 74.9 Å². The summed E-state index contributed by atoms with van der Waals surface area (Å²) in [6.45, 7) is 9.07. The summed E-state index contributed by atoms with van der Waals surface area (Å²) in [5.74, 6) is 0. The standard InChI is InChI=1S/C10H19NO/c1-10(2,3)11-6-9(7-11)12-8-4-5-8/h8-9H,4-7H2,1-3H3. The van der Waals surface area contributed by atoms with E-state index >= 15 is 0 Å². The van der Waals surface area contributed by atoms with Crippen LogP contribution in [-0.2, 0) is 4.74 Å². The fourth-order valence-electron chi connectivity index (χ4n) is 1.55. The van der Waals surface area contributed by atoms with Crippen LogP contribution >= 0.6 is 0 Å². The topological polar surface area (TPSA) is 12.5 Å². The monoisotopic (exact) mass is 169 g/mol. The molecule has 0 atom stereocenters. The highest BCUT2D eigenvalue weighted by Crippen LogP contribution is 2.30. The number of ether oxygens (including phenoxy) is 1. The first-order valence-corrected chi connectivity index (χ1v) is 4.96. The van der Waals surface area contributed by atoms with Crippen molar-refractivity contribution in [2.24, 2.45) is 0 Å². The van der Waals surface area contributed by atoms with Gasteiger partial charge in [-0.05, 0) is 33.6 Å². The number of likely N-dealkylation sites (tertiary alicyclic amines) is 1. The molecule has 0 N–H and O–H groups in total. The molecule has 1 saturated heterocycles. The van der Waals surface area contributed by atoms with Crippen molar-refractivity contribution < 1.29 is 4.74 Å². The second kappa shape index (κ2) is 2.71. The summed E-state index contributed by atoms with van der Waals surface area (Å²) in [4.78, 5) is 2.47. The van der Waals surface area contributed by atoms with E-state index in [2.05, 4.69) is 25.7 Å². The quantitative estimate of drug-likeness (QED) is 0.623. The van der Waals surface area contributed by atoms with E-state index in [1.54, 1.807) is 0 Å². The van der Waals surface area contributed by atoms with Crippen LogP contribution in [-0.4, -0.2) is 35.7 Å². The van der Waals surface area contributed by atoms with Gasteiger partial charge in [-0.3, -0.25) is 4.90 Å². The van der Waals surface area contributed by atoms with Crippen LogP contribution in [0.5, 0.6) is 0 Å². The third kappa shape index (κ3) is 1.80. The smallest absolute Gasteiger partial charge is 0.0832 e. The maximum absolute atomic E-state index is 5.78. The highest BCUT2D eigenvalue weighted by Gasteiger charge is 2.38. The van der Waals surface area contributed by atoms with Crippen LogP contribution in [0.1, 0.15) is 33.6 Å². The van der Waals surface area contributed by atoms with Gasteiger partial charge in [0.15, 0.2) is 0 Å². The third-order valence-corrected chi connectivity index (χ3v) is 2.71. The van der Waals surface area contributed by atoms with Crippen LogP contribution < -0.4 is 0 Å². The lowest BCUT2D eigenvalue weighted by Crippen LogP contribution is -2.59. The summed E-state index contributed by atoms with van der Waals surface area (Å²) >= 11 is 0. The summed E-state index contributed by atoms with van der Waals surface area (Å²) in [5, 5.41) is 0. The minimum atomic E-state index is 0.337. The van der Waals surface area contributed by atoms with Crippen LogP contribution in [0.4, 0.5) is 0 Å². The van der Waals surface area contributed by atoms with Gasteiger partial charge in [0.05, 0.1) is 12.2 Å². The van der Waals surface area contributed by atoms with E-state index in [9.17, 15) is 0 Å². The van der Waals surface area contributed by atoms with Crippen molar-refractivity contribution in [3.05, 3.63) is 0 Å². The molecule has 0 radical (unpaired) electrons. The first-order chi connectivity index (χ1) is 5.55. The van der Waals surface area contributed by atoms with Crippen molar-refractivity contribution in [1.82, 2.24) is 4.90 Å². The molecule has 2 rings (SSSR count). The molecular weight excluding hydrogens is 150 g/mol. The maximum atomic E-state index is 5.78. The largest absolute Gasteiger partial charge is 0.372 e. The van der Waals surface area contributed by atoms with Crippen molar-refractivity contribution in [3.8, 4) is 0 Å². The van der Waals surface area contributed by atoms with Gasteiger partial charge in [0, 0.05) is 18.6 Å². The Bertz CT molecular complexity index is 163. The van der Waals surface area contributed by atoms with Crippen molar-refractivity contribution in [1.29, 1.82) is 0 Å². The Kier molecular flexibility index (Phi) is 1.92. The van der Waals surface area contributed by atoms with Crippen LogP contribution in [0, 0.1) is 0 Å². The molecule has 2 nitrogen and oxygen atoms in total. The van der Waals surface area contributed by atoms with Gasteiger partial charge in [-0.15, -0.1) is 0 Å². The maximum Gasteiger partial charge on any atom is 0.0832 e. The van der Waals surface area contributed by atoms with Crippen LogP contribution in [0.25, 0.3) is 0 Å². The van der Waals surface area contributed by atoms with Crippen molar-refractivity contribution in [2.75, 3.05) is 13.1 Å². The molecule has 0 bridgehead atoms. The van der Waals surface area contributed by atoms with E-state index in [0.29, 0.717) is 17.7 Å². The Morgan fingerprint density at radius 2 is 1.67 bits per heavy atom. The normalized spacial score (nSPS) is 27.2. The first-order valence-electron chi connectivity index (χ1n) is 4.96. The predicted octanol–water partition coefficient (Wildman–Crippen LogP) is 1.65. The van der Waals surface area contributed by atoms with Crippen molar-refractivity contribution in [2.45, 2.75) is 51.4 Å². The number of nitrogens with zero attached hydrogens (tertiary/aromatic N) is 1. The average molecular weight is 169 g/mol. The Balaban J connectivity index is 1.68. The van der Waals surface area contributed by atoms with Gasteiger partial charge in [-0.1, -0.05) is 0 Å². The number of rotatable bonds is 2. The summed E-state index contributed by atoms with van der Waals surface area (Å²) in [6.07, 6.45) is 3.76. The molecule has 0 amide bonds. The van der Waals surface area contributed by atoms with Crippen molar-refractivity contribution >= 4 is 0 Å². The van der Waals surface area contributed by atoms with E-state index in [-0.39, 0.29) is 0 Å². The van der Waals surface area contributed by atoms with E-state index < -0.39 is 0 Å². The fraction of sp³-hybridized carbons (Fsp3) is 1.00. The summed E-state index contributed by atoms with van der Waals surface area (Å²) in [5.41, 5.74) is 0.337. The molecule has 1 aliphatic carbocycles. The molecule has 1 saturated carbocycles. The Morgan fingerprint density at radius 1 is 1.08 bits per heavy atom. The lowest BCUT2D eigenvalue weighted by molar-refractivity contribution is -0.0950. The molecule has 1 heterocycles. The molecule has 0 aromatic heterocycles. The lowest BCUT2D eigenvalue weighted by atomic mass is 9.99.